The molecule has 0 amide bonds. The summed E-state index contributed by atoms with van der Waals surface area (Å²) in [5.41, 5.74) is 7.22. The van der Waals surface area contributed by atoms with Crippen LogP contribution in [-0.4, -0.2) is 0 Å². The summed E-state index contributed by atoms with van der Waals surface area (Å²) in [6, 6.07) is 9.56. The summed E-state index contributed by atoms with van der Waals surface area (Å²) >= 11 is 11.0. The van der Waals surface area contributed by atoms with Crippen LogP contribution < -0.4 is 5.73 Å². The van der Waals surface area contributed by atoms with Gasteiger partial charge in [0.15, 0.2) is 0 Å². The fourth-order valence-corrected chi connectivity index (χ4v) is 3.12. The summed E-state index contributed by atoms with van der Waals surface area (Å²) in [5, 5.41) is 2.76. The highest BCUT2D eigenvalue weighted by molar-refractivity contribution is 9.10. The first kappa shape index (κ1) is 11.1. The maximum atomic E-state index is 6.15. The van der Waals surface area contributed by atoms with Gasteiger partial charge in [0.05, 0.1) is 6.04 Å². The Hall–Kier alpha value is -0.350. The van der Waals surface area contributed by atoms with Gasteiger partial charge >= 0.3 is 0 Å². The zero-order chi connectivity index (χ0) is 10.8. The highest BCUT2D eigenvalue weighted by Gasteiger charge is 2.13. The van der Waals surface area contributed by atoms with E-state index in [-0.39, 0.29) is 6.04 Å². The number of hydrogen-bond acceptors (Lipinski definition) is 2. The molecule has 15 heavy (non-hydrogen) atoms. The van der Waals surface area contributed by atoms with Crippen molar-refractivity contribution in [2.24, 2.45) is 5.73 Å². The molecule has 0 aliphatic heterocycles. The number of halogens is 2. The van der Waals surface area contributed by atoms with Gasteiger partial charge in [-0.15, -0.1) is 11.3 Å². The van der Waals surface area contributed by atoms with Crippen LogP contribution in [0.1, 0.15) is 16.5 Å². The lowest BCUT2D eigenvalue weighted by Crippen LogP contribution is -2.10. The topological polar surface area (TPSA) is 26.0 Å². The molecule has 0 saturated heterocycles. The van der Waals surface area contributed by atoms with Gasteiger partial charge in [0.1, 0.15) is 0 Å². The quantitative estimate of drug-likeness (QED) is 0.883. The van der Waals surface area contributed by atoms with Crippen LogP contribution in [0.15, 0.2) is 40.2 Å². The van der Waals surface area contributed by atoms with Gasteiger partial charge in [-0.05, 0) is 45.1 Å². The Morgan fingerprint density at radius 2 is 1.87 bits per heavy atom. The third-order valence-corrected chi connectivity index (χ3v) is 4.36. The van der Waals surface area contributed by atoms with E-state index in [4.69, 9.17) is 17.3 Å². The first-order valence-corrected chi connectivity index (χ1v) is 6.47. The van der Waals surface area contributed by atoms with Crippen molar-refractivity contribution in [3.8, 4) is 0 Å². The molecule has 0 aliphatic carbocycles. The van der Waals surface area contributed by atoms with E-state index in [0.29, 0.717) is 0 Å². The van der Waals surface area contributed by atoms with E-state index in [1.54, 1.807) is 11.3 Å². The smallest absolute Gasteiger partial charge is 0.0657 e. The molecule has 1 atom stereocenters. The fourth-order valence-electron chi connectivity index (χ4n) is 1.35. The van der Waals surface area contributed by atoms with Crippen molar-refractivity contribution >= 4 is 38.9 Å². The van der Waals surface area contributed by atoms with Crippen LogP contribution >= 0.6 is 38.9 Å². The van der Waals surface area contributed by atoms with E-state index in [0.717, 1.165) is 19.9 Å². The second-order valence-corrected chi connectivity index (χ2v) is 5.40. The SMILES string of the molecule is NC(c1ccc(Cl)cc1)c1sccc1Br. The molecular weight excluding hydrogens is 294 g/mol. The van der Waals surface area contributed by atoms with Crippen LogP contribution in [0.4, 0.5) is 0 Å². The summed E-state index contributed by atoms with van der Waals surface area (Å²) in [6.45, 7) is 0. The number of thiophene rings is 1. The molecule has 1 aromatic heterocycles. The molecule has 1 unspecified atom stereocenters. The normalized spacial score (nSPS) is 12.7. The molecule has 2 rings (SSSR count). The van der Waals surface area contributed by atoms with Crippen LogP contribution in [-0.2, 0) is 0 Å². The van der Waals surface area contributed by atoms with E-state index < -0.39 is 0 Å². The van der Waals surface area contributed by atoms with Crippen molar-refractivity contribution < 1.29 is 0 Å². The summed E-state index contributed by atoms with van der Waals surface area (Å²) in [4.78, 5) is 1.14. The highest BCUT2D eigenvalue weighted by atomic mass is 79.9. The Labute approximate surface area is 106 Å². The molecule has 2 N–H and O–H groups in total. The lowest BCUT2D eigenvalue weighted by molar-refractivity contribution is 0.889. The highest BCUT2D eigenvalue weighted by Crippen LogP contribution is 2.31. The molecule has 0 aliphatic rings. The van der Waals surface area contributed by atoms with Gasteiger partial charge in [-0.1, -0.05) is 23.7 Å². The molecule has 2 aromatic rings. The number of rotatable bonds is 2. The van der Waals surface area contributed by atoms with Gasteiger partial charge < -0.3 is 5.73 Å². The molecule has 1 aromatic carbocycles. The zero-order valence-corrected chi connectivity index (χ0v) is 10.9. The standard InChI is InChI=1S/C11H9BrClNS/c12-9-5-6-15-11(9)10(14)7-1-3-8(13)4-2-7/h1-6,10H,14H2. The molecule has 0 fully saturated rings. The lowest BCUT2D eigenvalue weighted by Gasteiger charge is -2.10. The fraction of sp³-hybridized carbons (Fsp3) is 0.0909. The van der Waals surface area contributed by atoms with E-state index >= 15 is 0 Å². The monoisotopic (exact) mass is 301 g/mol. The lowest BCUT2D eigenvalue weighted by atomic mass is 10.1. The Morgan fingerprint density at radius 3 is 2.40 bits per heavy atom. The average Bonchev–Trinajstić information content (AvgIpc) is 2.65. The van der Waals surface area contributed by atoms with Crippen molar-refractivity contribution in [3.05, 3.63) is 55.6 Å². The van der Waals surface area contributed by atoms with Crippen LogP contribution in [0.2, 0.25) is 5.02 Å². The van der Waals surface area contributed by atoms with Gasteiger partial charge in [0.25, 0.3) is 0 Å². The van der Waals surface area contributed by atoms with Gasteiger partial charge in [-0.3, -0.25) is 0 Å². The second kappa shape index (κ2) is 4.66. The van der Waals surface area contributed by atoms with Crippen LogP contribution in [0.25, 0.3) is 0 Å². The van der Waals surface area contributed by atoms with Crippen molar-refractivity contribution in [3.63, 3.8) is 0 Å². The first-order valence-electron chi connectivity index (χ1n) is 4.42. The summed E-state index contributed by atoms with van der Waals surface area (Å²) in [5.74, 6) is 0. The number of benzene rings is 1. The first-order chi connectivity index (χ1) is 7.18. The largest absolute Gasteiger partial charge is 0.320 e. The predicted octanol–water partition coefficient (Wildman–Crippen LogP) is 4.21. The second-order valence-electron chi connectivity index (χ2n) is 3.16. The van der Waals surface area contributed by atoms with Gasteiger partial charge in [0.2, 0.25) is 0 Å². The van der Waals surface area contributed by atoms with Crippen LogP contribution in [0, 0.1) is 0 Å². The van der Waals surface area contributed by atoms with Crippen LogP contribution in [0.5, 0.6) is 0 Å². The Kier molecular flexibility index (Phi) is 3.46. The molecule has 4 heteroatoms. The minimum atomic E-state index is -0.0864. The zero-order valence-electron chi connectivity index (χ0n) is 7.78. The molecule has 0 bridgehead atoms. The predicted molar refractivity (Wildman–Crippen MR) is 69.5 cm³/mol. The minimum Gasteiger partial charge on any atom is -0.320 e. The molecule has 78 valence electrons. The molecule has 0 spiro atoms. The maximum Gasteiger partial charge on any atom is 0.0657 e. The van der Waals surface area contributed by atoms with E-state index in [1.807, 2.05) is 35.7 Å². The Balaban J connectivity index is 2.32. The van der Waals surface area contributed by atoms with Crippen LogP contribution in [0.3, 0.4) is 0 Å². The third kappa shape index (κ3) is 2.42. The van der Waals surface area contributed by atoms with Crippen molar-refractivity contribution in [2.75, 3.05) is 0 Å². The number of hydrogen-bond donors (Lipinski definition) is 1. The summed E-state index contributed by atoms with van der Waals surface area (Å²) < 4.78 is 1.06. The maximum absolute atomic E-state index is 6.15. The van der Waals surface area contributed by atoms with Gasteiger partial charge in [-0.25, -0.2) is 0 Å². The molecule has 0 radical (unpaired) electrons. The molecule has 1 heterocycles. The molecule has 0 saturated carbocycles. The average molecular weight is 303 g/mol. The van der Waals surface area contributed by atoms with Gasteiger partial charge in [-0.2, -0.15) is 0 Å². The van der Waals surface area contributed by atoms with Gasteiger partial charge in [0, 0.05) is 14.4 Å². The molecule has 1 nitrogen and oxygen atoms in total. The summed E-state index contributed by atoms with van der Waals surface area (Å²) in [6.07, 6.45) is 0. The Morgan fingerprint density at radius 1 is 1.20 bits per heavy atom. The number of nitrogens with two attached hydrogens (primary N) is 1. The van der Waals surface area contributed by atoms with Crippen molar-refractivity contribution in [2.45, 2.75) is 6.04 Å². The van der Waals surface area contributed by atoms with Crippen molar-refractivity contribution in [1.29, 1.82) is 0 Å². The Bertz CT molecular complexity index is 452. The van der Waals surface area contributed by atoms with E-state index in [1.165, 1.54) is 0 Å². The van der Waals surface area contributed by atoms with Crippen molar-refractivity contribution in [1.82, 2.24) is 0 Å². The van der Waals surface area contributed by atoms with E-state index in [9.17, 15) is 0 Å². The third-order valence-electron chi connectivity index (χ3n) is 2.16. The minimum absolute atomic E-state index is 0.0864. The summed E-state index contributed by atoms with van der Waals surface area (Å²) in [7, 11) is 0. The molecular formula is C11H9BrClNS. The van der Waals surface area contributed by atoms with E-state index in [2.05, 4.69) is 15.9 Å².